The Morgan fingerprint density at radius 3 is 2.77 bits per heavy atom. The van der Waals surface area contributed by atoms with Gasteiger partial charge in [-0.2, -0.15) is 0 Å². The molecule has 1 saturated heterocycles. The summed E-state index contributed by atoms with van der Waals surface area (Å²) in [7, 11) is 0. The molecule has 3 amide bonds. The number of aliphatic hydroxyl groups is 1. The smallest absolute Gasteiger partial charge is 0.315 e. The van der Waals surface area contributed by atoms with Gasteiger partial charge in [-0.05, 0) is 12.0 Å². The van der Waals surface area contributed by atoms with Crippen molar-refractivity contribution < 1.29 is 14.7 Å². The van der Waals surface area contributed by atoms with Crippen molar-refractivity contribution in [3.05, 3.63) is 35.9 Å². The van der Waals surface area contributed by atoms with Crippen molar-refractivity contribution in [1.82, 2.24) is 15.5 Å². The van der Waals surface area contributed by atoms with Gasteiger partial charge < -0.3 is 20.6 Å². The van der Waals surface area contributed by atoms with Gasteiger partial charge >= 0.3 is 6.03 Å². The number of carbonyl (C=O) groups is 2. The number of rotatable bonds is 6. The quantitative estimate of drug-likeness (QED) is 0.729. The van der Waals surface area contributed by atoms with Crippen LogP contribution in [-0.4, -0.2) is 47.2 Å². The summed E-state index contributed by atoms with van der Waals surface area (Å²) in [5.74, 6) is 0.0448. The molecule has 0 aliphatic carbocycles. The minimum atomic E-state index is -0.333. The van der Waals surface area contributed by atoms with E-state index in [0.29, 0.717) is 25.9 Å². The van der Waals surface area contributed by atoms with E-state index < -0.39 is 0 Å². The molecule has 0 aromatic heterocycles. The molecule has 1 aromatic rings. The monoisotopic (exact) mass is 305 g/mol. The predicted octanol–water partition coefficient (Wildman–Crippen LogP) is 0.858. The van der Waals surface area contributed by atoms with Crippen LogP contribution in [0.1, 0.15) is 25.3 Å². The molecule has 1 aliphatic rings. The van der Waals surface area contributed by atoms with Gasteiger partial charge in [-0.15, -0.1) is 0 Å². The molecule has 1 aliphatic heterocycles. The fourth-order valence-electron chi connectivity index (χ4n) is 2.51. The lowest BCUT2D eigenvalue weighted by molar-refractivity contribution is -0.128. The van der Waals surface area contributed by atoms with E-state index in [0.717, 1.165) is 5.56 Å². The fourth-order valence-corrected chi connectivity index (χ4v) is 2.51. The predicted molar refractivity (Wildman–Crippen MR) is 83.1 cm³/mol. The molecule has 3 N–H and O–H groups in total. The molecular weight excluding hydrogens is 282 g/mol. The van der Waals surface area contributed by atoms with E-state index in [9.17, 15) is 9.59 Å². The number of nitrogens with zero attached hydrogens (tertiary/aromatic N) is 1. The first-order chi connectivity index (χ1) is 10.6. The molecule has 1 heterocycles. The highest BCUT2D eigenvalue weighted by atomic mass is 16.3. The Morgan fingerprint density at radius 2 is 2.14 bits per heavy atom. The molecule has 120 valence electrons. The van der Waals surface area contributed by atoms with E-state index in [4.69, 9.17) is 5.11 Å². The van der Waals surface area contributed by atoms with Gasteiger partial charge in [-0.3, -0.25) is 4.79 Å². The van der Waals surface area contributed by atoms with Gasteiger partial charge in [0.2, 0.25) is 5.91 Å². The Bertz CT molecular complexity index is 503. The number of urea groups is 1. The van der Waals surface area contributed by atoms with Crippen molar-refractivity contribution in [1.29, 1.82) is 0 Å². The van der Waals surface area contributed by atoms with E-state index in [1.807, 2.05) is 37.3 Å². The normalized spacial score (nSPS) is 19.1. The summed E-state index contributed by atoms with van der Waals surface area (Å²) in [6.07, 6.45) is 0.976. The van der Waals surface area contributed by atoms with Crippen LogP contribution in [0.5, 0.6) is 0 Å². The van der Waals surface area contributed by atoms with Crippen molar-refractivity contribution >= 4 is 11.9 Å². The van der Waals surface area contributed by atoms with Crippen molar-refractivity contribution in [2.24, 2.45) is 0 Å². The van der Waals surface area contributed by atoms with Crippen LogP contribution in [0, 0.1) is 0 Å². The second-order valence-corrected chi connectivity index (χ2v) is 5.57. The second kappa shape index (κ2) is 7.79. The zero-order valence-electron chi connectivity index (χ0n) is 12.8. The van der Waals surface area contributed by atoms with Gasteiger partial charge in [0.25, 0.3) is 0 Å². The van der Waals surface area contributed by atoms with Gasteiger partial charge in [-0.1, -0.05) is 37.3 Å². The first-order valence-electron chi connectivity index (χ1n) is 7.62. The summed E-state index contributed by atoms with van der Waals surface area (Å²) in [6, 6.07) is 9.01. The Morgan fingerprint density at radius 1 is 1.41 bits per heavy atom. The third-order valence-corrected chi connectivity index (χ3v) is 3.81. The van der Waals surface area contributed by atoms with Gasteiger partial charge in [0.05, 0.1) is 18.7 Å². The maximum Gasteiger partial charge on any atom is 0.315 e. The second-order valence-electron chi connectivity index (χ2n) is 5.57. The van der Waals surface area contributed by atoms with E-state index in [1.165, 1.54) is 0 Å². The SMILES string of the molecule is CCC(CO)NC(=O)NC1CC(=O)N(Cc2ccccc2)C1. The molecule has 0 saturated carbocycles. The van der Waals surface area contributed by atoms with Gasteiger partial charge in [0.15, 0.2) is 0 Å². The average molecular weight is 305 g/mol. The minimum absolute atomic E-state index is 0.0448. The number of carbonyl (C=O) groups excluding carboxylic acids is 2. The number of benzene rings is 1. The molecule has 22 heavy (non-hydrogen) atoms. The van der Waals surface area contributed by atoms with E-state index >= 15 is 0 Å². The van der Waals surface area contributed by atoms with Crippen LogP contribution in [0.25, 0.3) is 0 Å². The highest BCUT2D eigenvalue weighted by Gasteiger charge is 2.30. The summed E-state index contributed by atoms with van der Waals surface area (Å²) >= 11 is 0. The first-order valence-corrected chi connectivity index (χ1v) is 7.62. The molecule has 0 radical (unpaired) electrons. The third kappa shape index (κ3) is 4.46. The van der Waals surface area contributed by atoms with Crippen LogP contribution in [0.2, 0.25) is 0 Å². The third-order valence-electron chi connectivity index (χ3n) is 3.81. The Hall–Kier alpha value is -2.08. The number of hydrogen-bond donors (Lipinski definition) is 3. The summed E-state index contributed by atoms with van der Waals surface area (Å²) in [6.45, 7) is 2.88. The zero-order chi connectivity index (χ0) is 15.9. The van der Waals surface area contributed by atoms with Gasteiger partial charge in [0, 0.05) is 19.5 Å². The lowest BCUT2D eigenvalue weighted by Crippen LogP contribution is -2.47. The molecule has 0 spiro atoms. The number of hydrogen-bond acceptors (Lipinski definition) is 3. The molecule has 1 aromatic carbocycles. The van der Waals surface area contributed by atoms with E-state index in [1.54, 1.807) is 4.90 Å². The fraction of sp³-hybridized carbons (Fsp3) is 0.500. The highest BCUT2D eigenvalue weighted by Crippen LogP contribution is 2.15. The van der Waals surface area contributed by atoms with Crippen LogP contribution in [-0.2, 0) is 11.3 Å². The van der Waals surface area contributed by atoms with E-state index in [2.05, 4.69) is 10.6 Å². The van der Waals surface area contributed by atoms with Crippen molar-refractivity contribution in [2.45, 2.75) is 38.4 Å². The Kier molecular flexibility index (Phi) is 5.77. The lowest BCUT2D eigenvalue weighted by Gasteiger charge is -2.19. The number of aliphatic hydroxyl groups excluding tert-OH is 1. The van der Waals surface area contributed by atoms with Gasteiger partial charge in [-0.25, -0.2) is 4.79 Å². The topological polar surface area (TPSA) is 81.7 Å². The average Bonchev–Trinajstić information content (AvgIpc) is 2.85. The van der Waals surface area contributed by atoms with Crippen LogP contribution in [0.3, 0.4) is 0 Å². The largest absolute Gasteiger partial charge is 0.394 e. The zero-order valence-corrected chi connectivity index (χ0v) is 12.8. The summed E-state index contributed by atoms with van der Waals surface area (Å²) in [5, 5.41) is 14.6. The van der Waals surface area contributed by atoms with Crippen LogP contribution >= 0.6 is 0 Å². The number of amides is 3. The minimum Gasteiger partial charge on any atom is -0.394 e. The highest BCUT2D eigenvalue weighted by molar-refractivity contribution is 5.81. The molecule has 2 atom stereocenters. The molecule has 2 rings (SSSR count). The van der Waals surface area contributed by atoms with Crippen LogP contribution < -0.4 is 10.6 Å². The molecule has 6 heteroatoms. The Labute approximate surface area is 130 Å². The molecular formula is C16H23N3O3. The van der Waals surface area contributed by atoms with Gasteiger partial charge in [0.1, 0.15) is 0 Å². The molecule has 0 bridgehead atoms. The molecule has 1 fully saturated rings. The standard InChI is InChI=1S/C16H23N3O3/c1-2-13(11-20)17-16(22)18-14-8-15(21)19(10-14)9-12-6-4-3-5-7-12/h3-7,13-14,20H,2,8-11H2,1H3,(H2,17,18,22). The first kappa shape index (κ1) is 16.3. The lowest BCUT2D eigenvalue weighted by atomic mass is 10.2. The number of nitrogens with one attached hydrogen (secondary N) is 2. The van der Waals surface area contributed by atoms with Crippen LogP contribution in [0.15, 0.2) is 30.3 Å². The maximum atomic E-state index is 12.0. The molecule has 6 nitrogen and oxygen atoms in total. The van der Waals surface area contributed by atoms with E-state index in [-0.39, 0.29) is 30.6 Å². The molecule has 2 unspecified atom stereocenters. The summed E-state index contributed by atoms with van der Waals surface area (Å²) in [4.78, 5) is 25.6. The van der Waals surface area contributed by atoms with Crippen molar-refractivity contribution in [2.75, 3.05) is 13.2 Å². The van der Waals surface area contributed by atoms with Crippen molar-refractivity contribution in [3.8, 4) is 0 Å². The van der Waals surface area contributed by atoms with Crippen molar-refractivity contribution in [3.63, 3.8) is 0 Å². The Balaban J connectivity index is 1.83. The maximum absolute atomic E-state index is 12.0. The summed E-state index contributed by atoms with van der Waals surface area (Å²) < 4.78 is 0. The van der Waals surface area contributed by atoms with Crippen LogP contribution in [0.4, 0.5) is 4.79 Å². The number of likely N-dealkylation sites (tertiary alicyclic amines) is 1. The summed E-state index contributed by atoms with van der Waals surface area (Å²) in [5.41, 5.74) is 1.08.